The van der Waals surface area contributed by atoms with Crippen LogP contribution in [0, 0.1) is 17.5 Å². The fraction of sp³-hybridized carbons (Fsp3) is 0.357. The number of pyridine rings is 1. The smallest absolute Gasteiger partial charge is 0.196 e. The Morgan fingerprint density at radius 1 is 1.05 bits per heavy atom. The van der Waals surface area contributed by atoms with E-state index in [1.807, 2.05) is 20.8 Å². The quantitative estimate of drug-likeness (QED) is 0.791. The van der Waals surface area contributed by atoms with Crippen LogP contribution < -0.4 is 5.32 Å². The van der Waals surface area contributed by atoms with Gasteiger partial charge in [-0.25, -0.2) is 18.2 Å². The summed E-state index contributed by atoms with van der Waals surface area (Å²) >= 11 is 0. The van der Waals surface area contributed by atoms with E-state index in [2.05, 4.69) is 10.3 Å². The predicted molar refractivity (Wildman–Crippen MR) is 69.9 cm³/mol. The molecule has 1 aromatic heterocycles. The second kappa shape index (κ2) is 4.40. The van der Waals surface area contributed by atoms with Gasteiger partial charge in [-0.05, 0) is 17.5 Å². The van der Waals surface area contributed by atoms with E-state index in [0.29, 0.717) is 5.82 Å². The van der Waals surface area contributed by atoms with Gasteiger partial charge in [-0.15, -0.1) is 0 Å². The number of hydrogen-bond acceptors (Lipinski definition) is 2. The van der Waals surface area contributed by atoms with Crippen molar-refractivity contribution in [3.63, 3.8) is 0 Å². The van der Waals surface area contributed by atoms with Crippen molar-refractivity contribution in [3.05, 3.63) is 35.1 Å². The number of anilines is 1. The zero-order valence-corrected chi connectivity index (χ0v) is 11.2. The van der Waals surface area contributed by atoms with Gasteiger partial charge >= 0.3 is 0 Å². The molecule has 0 saturated carbocycles. The van der Waals surface area contributed by atoms with Crippen LogP contribution in [0.25, 0.3) is 10.9 Å². The summed E-state index contributed by atoms with van der Waals surface area (Å²) in [6.45, 7) is 5.90. The van der Waals surface area contributed by atoms with Crippen molar-refractivity contribution >= 4 is 16.7 Å². The normalized spacial score (nSPS) is 11.9. The summed E-state index contributed by atoms with van der Waals surface area (Å²) in [5.74, 6) is -3.49. The Hall–Kier alpha value is -1.78. The van der Waals surface area contributed by atoms with Gasteiger partial charge in [0, 0.05) is 18.0 Å². The van der Waals surface area contributed by atoms with E-state index in [1.54, 1.807) is 13.1 Å². The molecule has 0 amide bonds. The van der Waals surface area contributed by atoms with Crippen LogP contribution in [-0.4, -0.2) is 12.0 Å². The first kappa shape index (κ1) is 13.6. The third kappa shape index (κ3) is 2.25. The monoisotopic (exact) mass is 268 g/mol. The van der Waals surface area contributed by atoms with E-state index in [1.165, 1.54) is 0 Å². The minimum absolute atomic E-state index is 0.170. The van der Waals surface area contributed by atoms with E-state index < -0.39 is 17.5 Å². The molecule has 1 aromatic carbocycles. The Morgan fingerprint density at radius 3 is 2.21 bits per heavy atom. The van der Waals surface area contributed by atoms with E-state index in [9.17, 15) is 13.2 Å². The first-order valence-electron chi connectivity index (χ1n) is 5.92. The maximum atomic E-state index is 13.7. The van der Waals surface area contributed by atoms with E-state index in [0.717, 1.165) is 11.6 Å². The number of nitrogens with zero attached hydrogens (tertiary/aromatic N) is 1. The number of fused-ring (bicyclic) bond motifs is 1. The van der Waals surface area contributed by atoms with Gasteiger partial charge in [0.05, 0.1) is 0 Å². The molecule has 0 spiro atoms. The van der Waals surface area contributed by atoms with Crippen molar-refractivity contribution in [3.8, 4) is 0 Å². The molecular weight excluding hydrogens is 253 g/mol. The van der Waals surface area contributed by atoms with Crippen LogP contribution in [0.4, 0.5) is 19.0 Å². The number of nitrogens with one attached hydrogen (secondary N) is 1. The Morgan fingerprint density at radius 2 is 1.68 bits per heavy atom. The van der Waals surface area contributed by atoms with E-state index >= 15 is 0 Å². The molecule has 2 rings (SSSR count). The second-order valence-corrected chi connectivity index (χ2v) is 5.44. The summed E-state index contributed by atoms with van der Waals surface area (Å²) in [4.78, 5) is 4.07. The fourth-order valence-corrected chi connectivity index (χ4v) is 1.99. The topological polar surface area (TPSA) is 24.9 Å². The van der Waals surface area contributed by atoms with Crippen LogP contribution in [0.2, 0.25) is 0 Å². The van der Waals surface area contributed by atoms with Gasteiger partial charge in [-0.3, -0.25) is 0 Å². The lowest BCUT2D eigenvalue weighted by atomic mass is 9.86. The lowest BCUT2D eigenvalue weighted by Gasteiger charge is -2.22. The Balaban J connectivity index is 2.86. The number of rotatable bonds is 1. The van der Waals surface area contributed by atoms with Gasteiger partial charge in [0.25, 0.3) is 0 Å². The number of benzene rings is 1. The molecule has 102 valence electrons. The summed E-state index contributed by atoms with van der Waals surface area (Å²) in [6.07, 6.45) is 0. The average molecular weight is 268 g/mol. The van der Waals surface area contributed by atoms with Crippen molar-refractivity contribution in [1.82, 2.24) is 4.98 Å². The molecule has 0 aliphatic rings. The maximum Gasteiger partial charge on any atom is 0.196 e. The van der Waals surface area contributed by atoms with Gasteiger partial charge in [0.2, 0.25) is 0 Å². The van der Waals surface area contributed by atoms with E-state index in [-0.39, 0.29) is 16.3 Å². The molecule has 0 saturated heterocycles. The summed E-state index contributed by atoms with van der Waals surface area (Å²) < 4.78 is 40.2. The molecule has 0 atom stereocenters. The fourth-order valence-electron chi connectivity index (χ4n) is 1.99. The van der Waals surface area contributed by atoms with Gasteiger partial charge in [-0.1, -0.05) is 20.8 Å². The predicted octanol–water partition coefficient (Wildman–Crippen LogP) is 3.99. The molecule has 1 N–H and O–H groups in total. The lowest BCUT2D eigenvalue weighted by Crippen LogP contribution is -2.15. The van der Waals surface area contributed by atoms with Crippen molar-refractivity contribution in [2.24, 2.45) is 0 Å². The molecule has 0 radical (unpaired) electrons. The van der Waals surface area contributed by atoms with Crippen LogP contribution in [-0.2, 0) is 5.41 Å². The largest absolute Gasteiger partial charge is 0.373 e. The molecule has 2 aromatic rings. The SMILES string of the molecule is CNc1nc2c(F)c(F)c(F)cc2cc1C(C)(C)C. The molecule has 2 nitrogen and oxygen atoms in total. The first-order valence-corrected chi connectivity index (χ1v) is 5.92. The summed E-state index contributed by atoms with van der Waals surface area (Å²) in [7, 11) is 1.65. The molecule has 0 unspecified atom stereocenters. The molecule has 19 heavy (non-hydrogen) atoms. The molecule has 0 aliphatic carbocycles. The van der Waals surface area contributed by atoms with Gasteiger partial charge < -0.3 is 5.32 Å². The minimum atomic E-state index is -1.49. The summed E-state index contributed by atoms with van der Waals surface area (Å²) in [5.41, 5.74) is 0.394. The summed E-state index contributed by atoms with van der Waals surface area (Å²) in [5, 5.41) is 3.11. The van der Waals surface area contributed by atoms with Crippen molar-refractivity contribution < 1.29 is 13.2 Å². The minimum Gasteiger partial charge on any atom is -0.373 e. The summed E-state index contributed by atoms with van der Waals surface area (Å²) in [6, 6.07) is 2.61. The molecular formula is C14H15F3N2. The van der Waals surface area contributed by atoms with Crippen molar-refractivity contribution in [2.75, 3.05) is 12.4 Å². The Bertz CT molecular complexity index is 645. The molecule has 0 aliphatic heterocycles. The highest BCUT2D eigenvalue weighted by Gasteiger charge is 2.22. The number of hydrogen-bond donors (Lipinski definition) is 1. The highest BCUT2D eigenvalue weighted by atomic mass is 19.2. The Kier molecular flexibility index (Phi) is 3.16. The highest BCUT2D eigenvalue weighted by molar-refractivity contribution is 5.83. The lowest BCUT2D eigenvalue weighted by molar-refractivity contribution is 0.452. The highest BCUT2D eigenvalue weighted by Crippen LogP contribution is 2.32. The standard InChI is InChI=1S/C14H15F3N2/c1-14(2,3)8-5-7-6-9(15)10(16)11(17)12(7)19-13(8)18-4/h5-6H,1-4H3,(H,18,19). The van der Waals surface area contributed by atoms with E-state index in [4.69, 9.17) is 0 Å². The number of aromatic nitrogens is 1. The first-order chi connectivity index (χ1) is 8.75. The third-order valence-electron chi connectivity index (χ3n) is 2.99. The third-order valence-corrected chi connectivity index (χ3v) is 2.99. The van der Waals surface area contributed by atoms with Gasteiger partial charge in [0.1, 0.15) is 11.3 Å². The van der Waals surface area contributed by atoms with Crippen LogP contribution in [0.1, 0.15) is 26.3 Å². The van der Waals surface area contributed by atoms with Crippen LogP contribution in [0.5, 0.6) is 0 Å². The molecule has 5 heteroatoms. The van der Waals surface area contributed by atoms with Crippen LogP contribution in [0.15, 0.2) is 12.1 Å². The second-order valence-electron chi connectivity index (χ2n) is 5.44. The zero-order valence-electron chi connectivity index (χ0n) is 11.2. The van der Waals surface area contributed by atoms with Crippen LogP contribution in [0.3, 0.4) is 0 Å². The molecule has 1 heterocycles. The molecule has 0 fully saturated rings. The van der Waals surface area contributed by atoms with Gasteiger partial charge in [-0.2, -0.15) is 0 Å². The van der Waals surface area contributed by atoms with Gasteiger partial charge in [0.15, 0.2) is 17.5 Å². The van der Waals surface area contributed by atoms with Crippen LogP contribution >= 0.6 is 0 Å². The zero-order chi connectivity index (χ0) is 14.4. The molecule has 0 bridgehead atoms. The Labute approximate surface area is 109 Å². The van der Waals surface area contributed by atoms with Crippen molar-refractivity contribution in [1.29, 1.82) is 0 Å². The maximum absolute atomic E-state index is 13.7. The number of halogens is 3. The van der Waals surface area contributed by atoms with Crippen molar-refractivity contribution in [2.45, 2.75) is 26.2 Å². The average Bonchev–Trinajstić information content (AvgIpc) is 2.34.